The van der Waals surface area contributed by atoms with Crippen LogP contribution in [0.2, 0.25) is 0 Å². The molecule has 0 saturated heterocycles. The van der Waals surface area contributed by atoms with E-state index in [0.29, 0.717) is 0 Å². The molecular formula is C27H15N2S. The van der Waals surface area contributed by atoms with E-state index in [-0.39, 0.29) is 0 Å². The van der Waals surface area contributed by atoms with Crippen LogP contribution in [-0.2, 0) is 0 Å². The SMILES string of the molecule is C(#Cc1ccc(C#Cc2ccc(-c3ccccc3)cc2)c2nsnc12)[C]1[CH][CH][CH][CH]1. The van der Waals surface area contributed by atoms with Gasteiger partial charge in [-0.05, 0) is 61.1 Å². The molecule has 1 aromatic heterocycles. The van der Waals surface area contributed by atoms with Crippen LogP contribution in [0.1, 0.15) is 16.7 Å². The number of hydrogen-bond acceptors (Lipinski definition) is 3. The predicted octanol–water partition coefficient (Wildman–Crippen LogP) is 5.51. The zero-order valence-corrected chi connectivity index (χ0v) is 16.8. The van der Waals surface area contributed by atoms with Gasteiger partial charge in [0.2, 0.25) is 0 Å². The number of fused-ring (bicyclic) bond motifs is 1. The molecule has 1 fully saturated rings. The minimum absolute atomic E-state index is 0.808. The largest absolute Gasteiger partial charge is 0.172 e. The molecule has 3 heteroatoms. The van der Waals surface area contributed by atoms with Crippen molar-refractivity contribution in [1.29, 1.82) is 0 Å². The van der Waals surface area contributed by atoms with Crippen LogP contribution in [0.25, 0.3) is 22.2 Å². The third-order valence-corrected chi connectivity index (χ3v) is 5.28. The Labute approximate surface area is 181 Å². The van der Waals surface area contributed by atoms with Gasteiger partial charge < -0.3 is 0 Å². The molecule has 0 atom stereocenters. The maximum Gasteiger partial charge on any atom is 0.121 e. The highest BCUT2D eigenvalue weighted by molar-refractivity contribution is 7.00. The summed E-state index contributed by atoms with van der Waals surface area (Å²) in [5, 5.41) is 0. The second kappa shape index (κ2) is 8.54. The van der Waals surface area contributed by atoms with Gasteiger partial charge >= 0.3 is 0 Å². The van der Waals surface area contributed by atoms with Crippen molar-refractivity contribution < 1.29 is 0 Å². The Bertz CT molecular complexity index is 1290. The maximum atomic E-state index is 4.45. The normalized spacial score (nSPS) is 13.5. The van der Waals surface area contributed by atoms with Crippen molar-refractivity contribution in [2.45, 2.75) is 0 Å². The first kappa shape index (κ1) is 18.6. The predicted molar refractivity (Wildman–Crippen MR) is 123 cm³/mol. The molecule has 0 N–H and O–H groups in total. The van der Waals surface area contributed by atoms with Gasteiger partial charge in [0.05, 0.1) is 28.8 Å². The average Bonchev–Trinajstić information content (AvgIpc) is 3.50. The zero-order valence-electron chi connectivity index (χ0n) is 16.0. The Morgan fingerprint density at radius 3 is 1.83 bits per heavy atom. The van der Waals surface area contributed by atoms with Gasteiger partial charge in [0.15, 0.2) is 0 Å². The van der Waals surface area contributed by atoms with E-state index in [1.165, 1.54) is 22.9 Å². The van der Waals surface area contributed by atoms with Crippen molar-refractivity contribution in [3.05, 3.63) is 115 Å². The summed E-state index contributed by atoms with van der Waals surface area (Å²) in [6.45, 7) is 0. The highest BCUT2D eigenvalue weighted by Gasteiger charge is 2.14. The minimum Gasteiger partial charge on any atom is -0.172 e. The molecule has 5 rings (SSSR count). The summed E-state index contributed by atoms with van der Waals surface area (Å²) in [4.78, 5) is 0. The Morgan fingerprint density at radius 2 is 1.17 bits per heavy atom. The van der Waals surface area contributed by atoms with E-state index in [1.54, 1.807) is 0 Å². The number of hydrogen-bond donors (Lipinski definition) is 0. The lowest BCUT2D eigenvalue weighted by molar-refractivity contribution is 1.43. The van der Waals surface area contributed by atoms with Crippen LogP contribution in [0, 0.1) is 55.3 Å². The van der Waals surface area contributed by atoms with Crippen LogP contribution < -0.4 is 0 Å². The standard InChI is InChI=1S/C27H15N2S/c1-2-8-22(9-3-1)23-14-10-21(11-15-23)13-17-25-19-18-24(26-27(25)29-30-28-26)16-12-20-6-4-5-7-20/h1-11,14-15,18-19H. The molecule has 3 aromatic carbocycles. The molecule has 2 nitrogen and oxygen atoms in total. The van der Waals surface area contributed by atoms with Crippen LogP contribution in [0.4, 0.5) is 0 Å². The molecule has 5 radical (unpaired) electrons. The Morgan fingerprint density at radius 1 is 0.567 bits per heavy atom. The Balaban J connectivity index is 1.41. The molecule has 139 valence electrons. The molecule has 4 aromatic rings. The number of benzene rings is 3. The van der Waals surface area contributed by atoms with Gasteiger partial charge in [-0.2, -0.15) is 8.75 Å². The highest BCUT2D eigenvalue weighted by Crippen LogP contribution is 2.24. The van der Waals surface area contributed by atoms with Crippen LogP contribution in [0.5, 0.6) is 0 Å². The molecule has 0 unspecified atom stereocenters. The summed E-state index contributed by atoms with van der Waals surface area (Å²) < 4.78 is 8.89. The first-order chi connectivity index (χ1) is 14.9. The summed E-state index contributed by atoms with van der Waals surface area (Å²) >= 11 is 1.19. The quantitative estimate of drug-likeness (QED) is 0.394. The molecule has 1 aliphatic rings. The van der Waals surface area contributed by atoms with Crippen LogP contribution >= 0.6 is 11.7 Å². The van der Waals surface area contributed by atoms with E-state index in [1.807, 2.05) is 68.1 Å². The number of nitrogens with zero attached hydrogens (tertiary/aromatic N) is 2. The van der Waals surface area contributed by atoms with E-state index in [2.05, 4.69) is 56.7 Å². The third-order valence-electron chi connectivity index (χ3n) is 4.75. The molecule has 0 amide bonds. The van der Waals surface area contributed by atoms with Crippen molar-refractivity contribution in [3.8, 4) is 34.8 Å². The summed E-state index contributed by atoms with van der Waals surface area (Å²) in [7, 11) is 0. The summed E-state index contributed by atoms with van der Waals surface area (Å²) in [5.74, 6) is 13.9. The number of aromatic nitrogens is 2. The smallest absolute Gasteiger partial charge is 0.121 e. The van der Waals surface area contributed by atoms with E-state index in [9.17, 15) is 0 Å². The van der Waals surface area contributed by atoms with Gasteiger partial charge in [-0.3, -0.25) is 0 Å². The second-order valence-corrected chi connectivity index (χ2v) is 7.27. The van der Waals surface area contributed by atoms with E-state index < -0.39 is 0 Å². The first-order valence-corrected chi connectivity index (χ1v) is 10.3. The fourth-order valence-corrected chi connectivity index (χ4v) is 3.75. The molecule has 1 heterocycles. The van der Waals surface area contributed by atoms with Crippen molar-refractivity contribution in [3.63, 3.8) is 0 Å². The average molecular weight is 399 g/mol. The van der Waals surface area contributed by atoms with Crippen molar-refractivity contribution in [2.24, 2.45) is 0 Å². The van der Waals surface area contributed by atoms with Gasteiger partial charge in [0, 0.05) is 5.56 Å². The fraction of sp³-hybridized carbons (Fsp3) is 0. The van der Waals surface area contributed by atoms with E-state index in [0.717, 1.165) is 33.6 Å². The molecule has 1 saturated carbocycles. The highest BCUT2D eigenvalue weighted by atomic mass is 32.1. The lowest BCUT2D eigenvalue weighted by atomic mass is 10.0. The van der Waals surface area contributed by atoms with E-state index in [4.69, 9.17) is 0 Å². The molecule has 1 aliphatic carbocycles. The van der Waals surface area contributed by atoms with Gasteiger partial charge in [0.25, 0.3) is 0 Å². The van der Waals surface area contributed by atoms with Crippen LogP contribution in [0.15, 0.2) is 66.7 Å². The lowest BCUT2D eigenvalue weighted by Crippen LogP contribution is -1.88. The van der Waals surface area contributed by atoms with Crippen molar-refractivity contribution in [2.75, 3.05) is 0 Å². The van der Waals surface area contributed by atoms with Crippen LogP contribution in [-0.4, -0.2) is 8.75 Å². The lowest BCUT2D eigenvalue weighted by Gasteiger charge is -2.01. The van der Waals surface area contributed by atoms with Crippen molar-refractivity contribution >= 4 is 22.8 Å². The monoisotopic (exact) mass is 399 g/mol. The van der Waals surface area contributed by atoms with Gasteiger partial charge in [-0.15, -0.1) is 0 Å². The second-order valence-electron chi connectivity index (χ2n) is 6.74. The summed E-state index contributed by atoms with van der Waals surface area (Å²) in [5.41, 5.74) is 6.70. The summed E-state index contributed by atoms with van der Waals surface area (Å²) in [6.07, 6.45) is 7.95. The third kappa shape index (κ3) is 3.99. The first-order valence-electron chi connectivity index (χ1n) is 9.53. The molecule has 0 aliphatic heterocycles. The Kier molecular flexibility index (Phi) is 5.30. The fourth-order valence-electron chi connectivity index (χ4n) is 3.18. The molecule has 0 bridgehead atoms. The molecule has 0 spiro atoms. The molecule has 30 heavy (non-hydrogen) atoms. The van der Waals surface area contributed by atoms with Gasteiger partial charge in [-0.25, -0.2) is 0 Å². The molecular weight excluding hydrogens is 384 g/mol. The van der Waals surface area contributed by atoms with E-state index >= 15 is 0 Å². The number of rotatable bonds is 1. The van der Waals surface area contributed by atoms with Gasteiger partial charge in [0.1, 0.15) is 11.0 Å². The maximum absolute atomic E-state index is 4.45. The Hall–Kier alpha value is -3.40. The van der Waals surface area contributed by atoms with Crippen molar-refractivity contribution in [1.82, 2.24) is 8.75 Å². The zero-order chi connectivity index (χ0) is 20.2. The topological polar surface area (TPSA) is 25.8 Å². The summed E-state index contributed by atoms with van der Waals surface area (Å²) in [6, 6.07) is 22.6. The van der Waals surface area contributed by atoms with Crippen LogP contribution in [0.3, 0.4) is 0 Å². The minimum atomic E-state index is 0.808. The van der Waals surface area contributed by atoms with Gasteiger partial charge in [-0.1, -0.05) is 66.1 Å².